The van der Waals surface area contributed by atoms with Gasteiger partial charge in [-0.2, -0.15) is 0 Å². The van der Waals surface area contributed by atoms with Crippen molar-refractivity contribution in [2.75, 3.05) is 20.2 Å². The smallest absolute Gasteiger partial charge is 0.220 e. The first-order valence-corrected chi connectivity index (χ1v) is 5.74. The second-order valence-corrected chi connectivity index (χ2v) is 4.26. The molecule has 0 spiro atoms. The predicted octanol–water partition coefficient (Wildman–Crippen LogP) is 0.801. The Morgan fingerprint density at radius 3 is 2.67 bits per heavy atom. The number of amides is 1. The number of nitrogens with one attached hydrogen (secondary N) is 1. The fraction of sp³-hybridized carbons (Fsp3) is 0.909. The number of methoxy groups -OCH3 is 1. The standard InChI is InChI=1S/C11H22N2O2/c1-15-11(6-4-7-11)9-13-10(14)5-2-3-8-12/h2-9,12H2,1H3,(H,13,14). The summed E-state index contributed by atoms with van der Waals surface area (Å²) in [5.74, 6) is 0.117. The molecule has 15 heavy (non-hydrogen) atoms. The molecule has 0 atom stereocenters. The van der Waals surface area contributed by atoms with Crippen LogP contribution in [-0.2, 0) is 9.53 Å². The van der Waals surface area contributed by atoms with E-state index < -0.39 is 0 Å². The average molecular weight is 214 g/mol. The van der Waals surface area contributed by atoms with E-state index in [1.165, 1.54) is 6.42 Å². The van der Waals surface area contributed by atoms with Gasteiger partial charge in [0, 0.05) is 20.1 Å². The van der Waals surface area contributed by atoms with Crippen LogP contribution in [0.25, 0.3) is 0 Å². The quantitative estimate of drug-likeness (QED) is 0.616. The Hall–Kier alpha value is -0.610. The molecule has 0 aromatic heterocycles. The predicted molar refractivity (Wildman–Crippen MR) is 59.5 cm³/mol. The van der Waals surface area contributed by atoms with Crippen molar-refractivity contribution in [3.05, 3.63) is 0 Å². The van der Waals surface area contributed by atoms with E-state index in [1.54, 1.807) is 7.11 Å². The molecule has 4 heteroatoms. The number of carbonyl (C=O) groups is 1. The van der Waals surface area contributed by atoms with E-state index in [-0.39, 0.29) is 11.5 Å². The zero-order valence-corrected chi connectivity index (χ0v) is 9.55. The van der Waals surface area contributed by atoms with Crippen LogP contribution in [-0.4, -0.2) is 31.7 Å². The zero-order chi connectivity index (χ0) is 11.1. The Kier molecular flexibility index (Phi) is 5.05. The molecule has 0 bridgehead atoms. The van der Waals surface area contributed by atoms with Crippen LogP contribution in [0, 0.1) is 0 Å². The lowest BCUT2D eigenvalue weighted by molar-refractivity contribution is -0.125. The summed E-state index contributed by atoms with van der Waals surface area (Å²) in [6.07, 6.45) is 5.71. The van der Waals surface area contributed by atoms with Crippen LogP contribution < -0.4 is 11.1 Å². The summed E-state index contributed by atoms with van der Waals surface area (Å²) in [5, 5.41) is 2.93. The second-order valence-electron chi connectivity index (χ2n) is 4.26. The monoisotopic (exact) mass is 214 g/mol. The maximum atomic E-state index is 11.4. The lowest BCUT2D eigenvalue weighted by atomic mass is 9.80. The number of carbonyl (C=O) groups excluding carboxylic acids is 1. The van der Waals surface area contributed by atoms with Gasteiger partial charge in [-0.05, 0) is 38.6 Å². The lowest BCUT2D eigenvalue weighted by Gasteiger charge is -2.40. The number of unbranched alkanes of at least 4 members (excludes halogenated alkanes) is 1. The van der Waals surface area contributed by atoms with Crippen molar-refractivity contribution in [1.29, 1.82) is 0 Å². The largest absolute Gasteiger partial charge is 0.376 e. The summed E-state index contributed by atoms with van der Waals surface area (Å²) in [6.45, 7) is 1.32. The van der Waals surface area contributed by atoms with E-state index in [4.69, 9.17) is 10.5 Å². The van der Waals surface area contributed by atoms with Gasteiger partial charge in [-0.25, -0.2) is 0 Å². The molecular formula is C11H22N2O2. The Labute approximate surface area is 91.5 Å². The van der Waals surface area contributed by atoms with Crippen molar-refractivity contribution in [2.24, 2.45) is 5.73 Å². The molecule has 0 aliphatic heterocycles. The van der Waals surface area contributed by atoms with E-state index in [9.17, 15) is 4.79 Å². The second kappa shape index (κ2) is 6.08. The molecule has 0 aromatic rings. The van der Waals surface area contributed by atoms with Crippen LogP contribution in [0.1, 0.15) is 38.5 Å². The molecule has 1 fully saturated rings. The third-order valence-electron chi connectivity index (χ3n) is 3.16. The molecule has 0 unspecified atom stereocenters. The first-order valence-electron chi connectivity index (χ1n) is 5.74. The van der Waals surface area contributed by atoms with Crippen molar-refractivity contribution < 1.29 is 9.53 Å². The van der Waals surface area contributed by atoms with Crippen molar-refractivity contribution >= 4 is 5.91 Å². The highest BCUT2D eigenvalue weighted by Crippen LogP contribution is 2.34. The van der Waals surface area contributed by atoms with Gasteiger partial charge in [0.05, 0.1) is 5.60 Å². The molecule has 0 aromatic carbocycles. The van der Waals surface area contributed by atoms with E-state index in [0.29, 0.717) is 19.5 Å². The van der Waals surface area contributed by atoms with E-state index in [0.717, 1.165) is 25.7 Å². The molecule has 0 radical (unpaired) electrons. The van der Waals surface area contributed by atoms with E-state index in [2.05, 4.69) is 5.32 Å². The van der Waals surface area contributed by atoms with Crippen LogP contribution >= 0.6 is 0 Å². The number of rotatable bonds is 7. The molecule has 0 heterocycles. The highest BCUT2D eigenvalue weighted by molar-refractivity contribution is 5.75. The van der Waals surface area contributed by atoms with Gasteiger partial charge in [-0.3, -0.25) is 4.79 Å². The summed E-state index contributed by atoms with van der Waals surface area (Å²) >= 11 is 0. The van der Waals surface area contributed by atoms with Crippen molar-refractivity contribution in [2.45, 2.75) is 44.1 Å². The highest BCUT2D eigenvalue weighted by Gasteiger charge is 2.36. The molecule has 1 aliphatic carbocycles. The molecule has 1 rings (SSSR count). The Balaban J connectivity index is 2.10. The van der Waals surface area contributed by atoms with Crippen LogP contribution in [0.3, 0.4) is 0 Å². The minimum Gasteiger partial charge on any atom is -0.376 e. The fourth-order valence-corrected chi connectivity index (χ4v) is 1.80. The van der Waals surface area contributed by atoms with Gasteiger partial charge in [0.15, 0.2) is 0 Å². The average Bonchev–Trinajstić information content (AvgIpc) is 2.17. The first kappa shape index (κ1) is 12.5. The van der Waals surface area contributed by atoms with Crippen LogP contribution in [0.4, 0.5) is 0 Å². The molecule has 1 amide bonds. The Morgan fingerprint density at radius 2 is 2.20 bits per heavy atom. The van der Waals surface area contributed by atoms with Crippen LogP contribution in [0.2, 0.25) is 0 Å². The van der Waals surface area contributed by atoms with E-state index >= 15 is 0 Å². The maximum absolute atomic E-state index is 11.4. The molecule has 88 valence electrons. The van der Waals surface area contributed by atoms with Crippen molar-refractivity contribution in [1.82, 2.24) is 5.32 Å². The summed E-state index contributed by atoms with van der Waals surface area (Å²) in [7, 11) is 1.72. The maximum Gasteiger partial charge on any atom is 0.220 e. The number of ether oxygens (including phenoxy) is 1. The highest BCUT2D eigenvalue weighted by atomic mass is 16.5. The molecule has 3 N–H and O–H groups in total. The van der Waals surface area contributed by atoms with Gasteiger partial charge in [0.1, 0.15) is 0 Å². The third-order valence-corrected chi connectivity index (χ3v) is 3.16. The van der Waals surface area contributed by atoms with E-state index in [1.807, 2.05) is 0 Å². The minimum absolute atomic E-state index is 0.0659. The minimum atomic E-state index is -0.0659. The molecule has 0 saturated heterocycles. The van der Waals surface area contributed by atoms with Crippen molar-refractivity contribution in [3.63, 3.8) is 0 Å². The molecule has 1 saturated carbocycles. The van der Waals surface area contributed by atoms with Crippen molar-refractivity contribution in [3.8, 4) is 0 Å². The topological polar surface area (TPSA) is 64.3 Å². The van der Waals surface area contributed by atoms with Gasteiger partial charge in [-0.1, -0.05) is 0 Å². The molecule has 4 nitrogen and oxygen atoms in total. The summed E-state index contributed by atoms with van der Waals surface area (Å²) in [6, 6.07) is 0. The SMILES string of the molecule is COC1(CNC(=O)CCCCN)CCC1. The van der Waals surface area contributed by atoms with Gasteiger partial charge < -0.3 is 15.8 Å². The summed E-state index contributed by atoms with van der Waals surface area (Å²) in [5.41, 5.74) is 5.29. The number of hydrogen-bond acceptors (Lipinski definition) is 3. The summed E-state index contributed by atoms with van der Waals surface area (Å²) in [4.78, 5) is 11.4. The van der Waals surface area contributed by atoms with Crippen LogP contribution in [0.5, 0.6) is 0 Å². The normalized spacial score (nSPS) is 18.3. The van der Waals surface area contributed by atoms with Gasteiger partial charge >= 0.3 is 0 Å². The van der Waals surface area contributed by atoms with Gasteiger partial charge in [-0.15, -0.1) is 0 Å². The first-order chi connectivity index (χ1) is 7.22. The number of hydrogen-bond donors (Lipinski definition) is 2. The number of nitrogens with two attached hydrogens (primary N) is 1. The lowest BCUT2D eigenvalue weighted by Crippen LogP contribution is -2.49. The van der Waals surface area contributed by atoms with Gasteiger partial charge in [0.25, 0.3) is 0 Å². The third kappa shape index (κ3) is 3.80. The van der Waals surface area contributed by atoms with Crippen LogP contribution in [0.15, 0.2) is 0 Å². The zero-order valence-electron chi connectivity index (χ0n) is 9.55. The van der Waals surface area contributed by atoms with Gasteiger partial charge in [0.2, 0.25) is 5.91 Å². The Bertz CT molecular complexity index is 197. The fourth-order valence-electron chi connectivity index (χ4n) is 1.80. The summed E-state index contributed by atoms with van der Waals surface area (Å²) < 4.78 is 5.42. The molecular weight excluding hydrogens is 192 g/mol. The Morgan fingerprint density at radius 1 is 1.47 bits per heavy atom. The molecule has 1 aliphatic rings.